The second kappa shape index (κ2) is 7.49. The summed E-state index contributed by atoms with van der Waals surface area (Å²) in [6, 6.07) is 12.0. The summed E-state index contributed by atoms with van der Waals surface area (Å²) in [6.07, 6.45) is 4.19. The quantitative estimate of drug-likeness (QED) is 0.783. The molecule has 4 nitrogen and oxygen atoms in total. The molecule has 0 radical (unpaired) electrons. The Morgan fingerprint density at radius 3 is 3.00 bits per heavy atom. The Balaban J connectivity index is 1.90. The first-order valence-electron chi connectivity index (χ1n) is 6.65. The molecule has 0 aliphatic heterocycles. The van der Waals surface area contributed by atoms with Gasteiger partial charge in [0.25, 0.3) is 0 Å². The SMILES string of the molecule is COCCNCc1ccn(Cc2cccc(C#N)c2)c1. The van der Waals surface area contributed by atoms with Crippen LogP contribution in [0.25, 0.3) is 0 Å². The molecule has 2 aromatic rings. The molecule has 0 saturated heterocycles. The van der Waals surface area contributed by atoms with Crippen LogP contribution in [-0.4, -0.2) is 24.8 Å². The fraction of sp³-hybridized carbons (Fsp3) is 0.312. The lowest BCUT2D eigenvalue weighted by Crippen LogP contribution is -2.18. The van der Waals surface area contributed by atoms with Gasteiger partial charge in [0.05, 0.1) is 18.2 Å². The van der Waals surface area contributed by atoms with Gasteiger partial charge in [-0.25, -0.2) is 0 Å². The molecule has 104 valence electrons. The molecule has 0 aliphatic rings. The molecule has 0 unspecified atom stereocenters. The number of ether oxygens (including phenoxy) is 1. The summed E-state index contributed by atoms with van der Waals surface area (Å²) in [5, 5.41) is 12.2. The molecule has 1 aromatic heterocycles. The van der Waals surface area contributed by atoms with Crippen molar-refractivity contribution in [3.05, 3.63) is 59.4 Å². The van der Waals surface area contributed by atoms with E-state index in [2.05, 4.69) is 34.4 Å². The molecule has 1 heterocycles. The second-order valence-corrected chi connectivity index (χ2v) is 4.67. The fourth-order valence-corrected chi connectivity index (χ4v) is 2.05. The monoisotopic (exact) mass is 269 g/mol. The van der Waals surface area contributed by atoms with E-state index in [0.29, 0.717) is 5.56 Å². The summed E-state index contributed by atoms with van der Waals surface area (Å²) in [7, 11) is 1.70. The highest BCUT2D eigenvalue weighted by atomic mass is 16.5. The summed E-state index contributed by atoms with van der Waals surface area (Å²) in [4.78, 5) is 0. The highest BCUT2D eigenvalue weighted by molar-refractivity contribution is 5.33. The molecule has 0 spiro atoms. The van der Waals surface area contributed by atoms with Crippen LogP contribution in [-0.2, 0) is 17.8 Å². The highest BCUT2D eigenvalue weighted by Crippen LogP contribution is 2.08. The Morgan fingerprint density at radius 1 is 1.30 bits per heavy atom. The van der Waals surface area contributed by atoms with Gasteiger partial charge in [-0.2, -0.15) is 5.26 Å². The lowest BCUT2D eigenvalue weighted by atomic mass is 10.1. The van der Waals surface area contributed by atoms with Crippen molar-refractivity contribution in [1.82, 2.24) is 9.88 Å². The van der Waals surface area contributed by atoms with Crippen molar-refractivity contribution in [3.8, 4) is 6.07 Å². The Labute approximate surface area is 119 Å². The van der Waals surface area contributed by atoms with Gasteiger partial charge in [0.1, 0.15) is 0 Å². The number of hydrogen-bond donors (Lipinski definition) is 1. The van der Waals surface area contributed by atoms with Crippen LogP contribution in [0.3, 0.4) is 0 Å². The highest BCUT2D eigenvalue weighted by Gasteiger charge is 1.99. The first kappa shape index (κ1) is 14.3. The largest absolute Gasteiger partial charge is 0.383 e. The van der Waals surface area contributed by atoms with Crippen molar-refractivity contribution >= 4 is 0 Å². The number of nitrogens with zero attached hydrogens (tertiary/aromatic N) is 2. The number of rotatable bonds is 7. The fourth-order valence-electron chi connectivity index (χ4n) is 2.05. The van der Waals surface area contributed by atoms with Crippen molar-refractivity contribution in [2.75, 3.05) is 20.3 Å². The normalized spacial score (nSPS) is 10.4. The average Bonchev–Trinajstić information content (AvgIpc) is 2.91. The van der Waals surface area contributed by atoms with Gasteiger partial charge in [-0.3, -0.25) is 0 Å². The van der Waals surface area contributed by atoms with E-state index in [1.54, 1.807) is 7.11 Å². The van der Waals surface area contributed by atoms with Crippen LogP contribution in [0.4, 0.5) is 0 Å². The molecule has 0 fully saturated rings. The van der Waals surface area contributed by atoms with E-state index in [0.717, 1.165) is 31.8 Å². The van der Waals surface area contributed by atoms with Gasteiger partial charge in [-0.15, -0.1) is 0 Å². The molecule has 1 N–H and O–H groups in total. The minimum Gasteiger partial charge on any atom is -0.383 e. The van der Waals surface area contributed by atoms with Gasteiger partial charge in [0.2, 0.25) is 0 Å². The van der Waals surface area contributed by atoms with Gasteiger partial charge in [-0.05, 0) is 29.3 Å². The Morgan fingerprint density at radius 2 is 2.20 bits per heavy atom. The number of nitrogens with one attached hydrogen (secondary N) is 1. The molecule has 1 aromatic carbocycles. The molecule has 0 aliphatic carbocycles. The van der Waals surface area contributed by atoms with Crippen LogP contribution >= 0.6 is 0 Å². The molecular formula is C16H19N3O. The van der Waals surface area contributed by atoms with Crippen molar-refractivity contribution in [3.63, 3.8) is 0 Å². The van der Waals surface area contributed by atoms with E-state index >= 15 is 0 Å². The van der Waals surface area contributed by atoms with E-state index in [9.17, 15) is 0 Å². The van der Waals surface area contributed by atoms with Crippen LogP contribution in [0.2, 0.25) is 0 Å². The molecule has 0 atom stereocenters. The van der Waals surface area contributed by atoms with E-state index in [-0.39, 0.29) is 0 Å². The maximum atomic E-state index is 8.90. The van der Waals surface area contributed by atoms with Gasteiger partial charge in [0.15, 0.2) is 0 Å². The molecule has 20 heavy (non-hydrogen) atoms. The predicted molar refractivity (Wildman–Crippen MR) is 78.3 cm³/mol. The van der Waals surface area contributed by atoms with Gasteiger partial charge < -0.3 is 14.6 Å². The smallest absolute Gasteiger partial charge is 0.0991 e. The first-order chi connectivity index (χ1) is 9.81. The van der Waals surface area contributed by atoms with E-state index in [1.165, 1.54) is 5.56 Å². The van der Waals surface area contributed by atoms with Gasteiger partial charge in [0, 0.05) is 39.1 Å². The first-order valence-corrected chi connectivity index (χ1v) is 6.65. The van der Waals surface area contributed by atoms with Crippen molar-refractivity contribution < 1.29 is 4.74 Å². The molecule has 2 rings (SSSR count). The third-order valence-corrected chi connectivity index (χ3v) is 3.05. The number of aromatic nitrogens is 1. The van der Waals surface area contributed by atoms with E-state index in [4.69, 9.17) is 10.00 Å². The minimum atomic E-state index is 0.705. The Bertz CT molecular complexity index is 583. The molecule has 0 amide bonds. The predicted octanol–water partition coefficient (Wildman–Crippen LogP) is 2.14. The standard InChI is InChI=1S/C16H19N3O/c1-20-8-6-18-11-16-5-7-19(13-16)12-15-4-2-3-14(9-15)10-17/h2-5,7,9,13,18H,6,8,11-12H2,1H3. The van der Waals surface area contributed by atoms with Gasteiger partial charge >= 0.3 is 0 Å². The third kappa shape index (κ3) is 4.23. The number of methoxy groups -OCH3 is 1. The van der Waals surface area contributed by atoms with Crippen molar-refractivity contribution in [2.45, 2.75) is 13.1 Å². The summed E-state index contributed by atoms with van der Waals surface area (Å²) in [5.74, 6) is 0. The molecule has 4 heteroatoms. The Hall–Kier alpha value is -2.09. The average molecular weight is 269 g/mol. The van der Waals surface area contributed by atoms with Crippen LogP contribution in [0.1, 0.15) is 16.7 Å². The number of nitriles is 1. The lowest BCUT2D eigenvalue weighted by Gasteiger charge is -2.04. The van der Waals surface area contributed by atoms with E-state index < -0.39 is 0 Å². The van der Waals surface area contributed by atoms with Gasteiger partial charge in [-0.1, -0.05) is 12.1 Å². The van der Waals surface area contributed by atoms with Crippen molar-refractivity contribution in [1.29, 1.82) is 5.26 Å². The van der Waals surface area contributed by atoms with Crippen LogP contribution in [0.15, 0.2) is 42.7 Å². The zero-order valence-electron chi connectivity index (χ0n) is 11.7. The lowest BCUT2D eigenvalue weighted by molar-refractivity contribution is 0.199. The van der Waals surface area contributed by atoms with Crippen LogP contribution in [0.5, 0.6) is 0 Å². The topological polar surface area (TPSA) is 50.0 Å². The van der Waals surface area contributed by atoms with E-state index in [1.807, 2.05) is 24.3 Å². The minimum absolute atomic E-state index is 0.705. The van der Waals surface area contributed by atoms with Crippen LogP contribution in [0, 0.1) is 11.3 Å². The number of hydrogen-bond acceptors (Lipinski definition) is 3. The summed E-state index contributed by atoms with van der Waals surface area (Å²) >= 11 is 0. The molecule has 0 bridgehead atoms. The zero-order valence-corrected chi connectivity index (χ0v) is 11.7. The summed E-state index contributed by atoms with van der Waals surface area (Å²) < 4.78 is 7.12. The Kier molecular flexibility index (Phi) is 5.36. The maximum Gasteiger partial charge on any atom is 0.0991 e. The third-order valence-electron chi connectivity index (χ3n) is 3.05. The molecular weight excluding hydrogens is 250 g/mol. The van der Waals surface area contributed by atoms with Crippen molar-refractivity contribution in [2.24, 2.45) is 0 Å². The second-order valence-electron chi connectivity index (χ2n) is 4.67. The maximum absolute atomic E-state index is 8.90. The number of benzene rings is 1. The summed E-state index contributed by atoms with van der Waals surface area (Å²) in [5.41, 5.74) is 3.09. The zero-order chi connectivity index (χ0) is 14.2. The van der Waals surface area contributed by atoms with Crippen LogP contribution < -0.4 is 5.32 Å². The summed E-state index contributed by atoms with van der Waals surface area (Å²) in [6.45, 7) is 3.20. The molecule has 0 saturated carbocycles.